The summed E-state index contributed by atoms with van der Waals surface area (Å²) in [5, 5.41) is 11.9. The number of carbonyl (C=O) groups is 1. The number of anilines is 3. The highest BCUT2D eigenvalue weighted by Crippen LogP contribution is 2.10. The van der Waals surface area contributed by atoms with E-state index in [2.05, 4.69) is 55.6 Å². The van der Waals surface area contributed by atoms with Crippen LogP contribution in [0.5, 0.6) is 0 Å². The van der Waals surface area contributed by atoms with Crippen molar-refractivity contribution in [3.05, 3.63) is 12.7 Å². The van der Waals surface area contributed by atoms with Crippen molar-refractivity contribution in [2.45, 2.75) is 45.4 Å². The molecule has 148 valence electrons. The molecule has 0 bridgehead atoms. The summed E-state index contributed by atoms with van der Waals surface area (Å²) in [6.07, 6.45) is 13.9. The Hall–Kier alpha value is -2.82. The van der Waals surface area contributed by atoms with Crippen molar-refractivity contribution in [2.24, 2.45) is 0 Å². The van der Waals surface area contributed by atoms with Crippen LogP contribution in [0.4, 0.5) is 17.8 Å². The van der Waals surface area contributed by atoms with Crippen molar-refractivity contribution in [3.8, 4) is 12.3 Å². The zero-order valence-electron chi connectivity index (χ0n) is 16.2. The van der Waals surface area contributed by atoms with Gasteiger partial charge in [0.1, 0.15) is 0 Å². The molecule has 0 saturated heterocycles. The Morgan fingerprint density at radius 2 is 1.56 bits per heavy atom. The van der Waals surface area contributed by atoms with E-state index in [1.807, 2.05) is 0 Å². The van der Waals surface area contributed by atoms with Crippen molar-refractivity contribution >= 4 is 23.8 Å². The molecular weight excluding hydrogens is 342 g/mol. The van der Waals surface area contributed by atoms with Gasteiger partial charge in [-0.1, -0.05) is 51.5 Å². The minimum absolute atomic E-state index is 0.217. The molecule has 1 heterocycles. The summed E-state index contributed by atoms with van der Waals surface area (Å²) >= 11 is 0. The molecule has 0 fully saturated rings. The van der Waals surface area contributed by atoms with Crippen molar-refractivity contribution in [3.63, 3.8) is 0 Å². The minimum atomic E-state index is -0.217. The molecule has 27 heavy (non-hydrogen) atoms. The third kappa shape index (κ3) is 10.7. The first kappa shape index (κ1) is 22.2. The predicted octanol–water partition coefficient (Wildman–Crippen LogP) is 2.40. The smallest absolute Gasteiger partial charge is 0.243 e. The maximum atomic E-state index is 11.1. The lowest BCUT2D eigenvalue weighted by atomic mass is 10.1. The van der Waals surface area contributed by atoms with Crippen molar-refractivity contribution in [2.75, 3.05) is 42.1 Å². The highest BCUT2D eigenvalue weighted by Gasteiger charge is 2.06. The summed E-state index contributed by atoms with van der Waals surface area (Å²) in [4.78, 5) is 24.1. The molecular formula is C19H31N7O. The van der Waals surface area contributed by atoms with Crippen LogP contribution in [0, 0.1) is 12.3 Å². The number of hydrogen-bond donors (Lipinski definition) is 4. The zero-order chi connectivity index (χ0) is 19.7. The molecule has 1 amide bonds. The lowest BCUT2D eigenvalue weighted by Gasteiger charge is -2.10. The van der Waals surface area contributed by atoms with Crippen LogP contribution in [0.1, 0.15) is 45.4 Å². The quantitative estimate of drug-likeness (QED) is 0.213. The van der Waals surface area contributed by atoms with Crippen LogP contribution in [0.15, 0.2) is 12.7 Å². The molecule has 0 spiro atoms. The lowest BCUT2D eigenvalue weighted by molar-refractivity contribution is -0.116. The van der Waals surface area contributed by atoms with E-state index in [0.717, 1.165) is 13.0 Å². The normalized spacial score (nSPS) is 9.93. The second kappa shape index (κ2) is 14.4. The second-order valence-electron chi connectivity index (χ2n) is 5.98. The molecule has 1 rings (SSSR count). The molecule has 1 aromatic heterocycles. The maximum absolute atomic E-state index is 11.1. The van der Waals surface area contributed by atoms with Crippen LogP contribution in [-0.4, -0.2) is 47.0 Å². The molecule has 8 nitrogen and oxygen atoms in total. The molecule has 0 aliphatic heterocycles. The van der Waals surface area contributed by atoms with Gasteiger partial charge in [-0.05, 0) is 12.5 Å². The number of carbonyl (C=O) groups excluding carboxylic acids is 1. The molecule has 4 N–H and O–H groups in total. The predicted molar refractivity (Wildman–Crippen MR) is 111 cm³/mol. The van der Waals surface area contributed by atoms with Gasteiger partial charge in [-0.25, -0.2) is 0 Å². The minimum Gasteiger partial charge on any atom is -0.354 e. The average Bonchev–Trinajstić information content (AvgIpc) is 2.68. The first-order valence-electron chi connectivity index (χ1n) is 9.51. The molecule has 0 atom stereocenters. The van der Waals surface area contributed by atoms with Crippen LogP contribution >= 0.6 is 0 Å². The molecule has 0 aliphatic carbocycles. The van der Waals surface area contributed by atoms with E-state index in [1.54, 1.807) is 0 Å². The molecule has 0 radical (unpaired) electrons. The van der Waals surface area contributed by atoms with Crippen molar-refractivity contribution in [1.29, 1.82) is 0 Å². The molecule has 0 aromatic carbocycles. The Kier molecular flexibility index (Phi) is 11.8. The first-order valence-corrected chi connectivity index (χ1v) is 9.51. The summed E-state index contributed by atoms with van der Waals surface area (Å²) in [5.41, 5.74) is 0. The Balaban J connectivity index is 2.50. The fraction of sp³-hybridized carbons (Fsp3) is 0.579. The number of nitrogens with zero attached hydrogens (tertiary/aromatic N) is 3. The number of rotatable bonds is 15. The number of unbranched alkanes of at least 4 members (excludes halogenated alkanes) is 5. The van der Waals surface area contributed by atoms with Gasteiger partial charge in [-0.15, -0.1) is 6.42 Å². The van der Waals surface area contributed by atoms with Gasteiger partial charge < -0.3 is 21.3 Å². The van der Waals surface area contributed by atoms with E-state index in [9.17, 15) is 4.79 Å². The molecule has 1 aromatic rings. The second-order valence-corrected chi connectivity index (χ2v) is 5.98. The number of hydrogen-bond acceptors (Lipinski definition) is 7. The van der Waals surface area contributed by atoms with E-state index in [0.29, 0.717) is 37.5 Å². The van der Waals surface area contributed by atoms with Gasteiger partial charge in [0, 0.05) is 19.6 Å². The summed E-state index contributed by atoms with van der Waals surface area (Å²) < 4.78 is 0. The topological polar surface area (TPSA) is 104 Å². The van der Waals surface area contributed by atoms with Crippen molar-refractivity contribution in [1.82, 2.24) is 20.3 Å². The van der Waals surface area contributed by atoms with Crippen LogP contribution in [-0.2, 0) is 4.79 Å². The van der Waals surface area contributed by atoms with Crippen LogP contribution in [0.2, 0.25) is 0 Å². The molecule has 0 unspecified atom stereocenters. The Morgan fingerprint density at radius 3 is 2.19 bits per heavy atom. The zero-order valence-corrected chi connectivity index (χ0v) is 16.2. The van der Waals surface area contributed by atoms with E-state index in [4.69, 9.17) is 6.42 Å². The third-order valence-corrected chi connectivity index (χ3v) is 3.69. The number of nitrogens with one attached hydrogen (secondary N) is 4. The van der Waals surface area contributed by atoms with Crippen LogP contribution in [0.3, 0.4) is 0 Å². The van der Waals surface area contributed by atoms with Gasteiger partial charge in [0.05, 0.1) is 6.54 Å². The number of amides is 1. The summed E-state index contributed by atoms with van der Waals surface area (Å²) in [5.74, 6) is 3.60. The average molecular weight is 374 g/mol. The van der Waals surface area contributed by atoms with E-state index in [-0.39, 0.29) is 5.91 Å². The summed E-state index contributed by atoms with van der Waals surface area (Å²) in [7, 11) is 0. The molecule has 0 saturated carbocycles. The van der Waals surface area contributed by atoms with E-state index < -0.39 is 0 Å². The third-order valence-electron chi connectivity index (χ3n) is 3.69. The highest BCUT2D eigenvalue weighted by atomic mass is 16.1. The standard InChI is InChI=1S/C19H31N7O/c1-4-7-8-9-10-11-13-22-18-24-17(21-12-5-2)25-19(26-18)23-15-14-20-16(27)6-3/h2,6H,3-4,7-15H2,1H3,(H,20,27)(H3,21,22,23,24,25,26). The fourth-order valence-corrected chi connectivity index (χ4v) is 2.28. The van der Waals surface area contributed by atoms with Crippen LogP contribution in [0.25, 0.3) is 0 Å². The van der Waals surface area contributed by atoms with Gasteiger partial charge >= 0.3 is 0 Å². The number of aromatic nitrogens is 3. The lowest BCUT2D eigenvalue weighted by Crippen LogP contribution is -2.27. The molecule has 0 aliphatic rings. The Bertz CT molecular complexity index is 613. The van der Waals surface area contributed by atoms with Crippen molar-refractivity contribution < 1.29 is 4.79 Å². The maximum Gasteiger partial charge on any atom is 0.243 e. The monoisotopic (exact) mass is 373 g/mol. The van der Waals surface area contributed by atoms with Gasteiger partial charge in [0.15, 0.2) is 0 Å². The van der Waals surface area contributed by atoms with Gasteiger partial charge in [0.2, 0.25) is 23.8 Å². The largest absolute Gasteiger partial charge is 0.354 e. The van der Waals surface area contributed by atoms with E-state index in [1.165, 1.54) is 38.2 Å². The summed E-state index contributed by atoms with van der Waals surface area (Å²) in [6.45, 7) is 7.67. The first-order chi connectivity index (χ1) is 13.2. The SMILES string of the molecule is C#CCNc1nc(NCCCCCCCC)nc(NCCNC(=O)C=C)n1. The summed E-state index contributed by atoms with van der Waals surface area (Å²) in [6, 6.07) is 0. The number of terminal acetylenes is 1. The van der Waals surface area contributed by atoms with Gasteiger partial charge in [-0.3, -0.25) is 4.79 Å². The van der Waals surface area contributed by atoms with E-state index >= 15 is 0 Å². The Labute approximate surface area is 162 Å². The fourth-order valence-electron chi connectivity index (χ4n) is 2.28. The van der Waals surface area contributed by atoms with Gasteiger partial charge in [-0.2, -0.15) is 15.0 Å². The van der Waals surface area contributed by atoms with Crippen LogP contribution < -0.4 is 21.3 Å². The highest BCUT2D eigenvalue weighted by molar-refractivity contribution is 5.86. The Morgan fingerprint density at radius 1 is 0.963 bits per heavy atom. The molecule has 8 heteroatoms. The van der Waals surface area contributed by atoms with Gasteiger partial charge in [0.25, 0.3) is 0 Å².